The molecular formula is C23H19F2NO3. The second kappa shape index (κ2) is 8.31. The monoisotopic (exact) mass is 395 g/mol. The predicted molar refractivity (Wildman–Crippen MR) is 104 cm³/mol. The Hall–Kier alpha value is -3.41. The Kier molecular flexibility index (Phi) is 5.42. The van der Waals surface area contributed by atoms with Gasteiger partial charge in [-0.2, -0.15) is 8.78 Å². The molecule has 1 N–H and O–H groups in total. The van der Waals surface area contributed by atoms with E-state index in [1.54, 1.807) is 12.1 Å². The number of fused-ring (bicyclic) bond motifs is 1. The maximum Gasteiger partial charge on any atom is 0.387 e. The summed E-state index contributed by atoms with van der Waals surface area (Å²) < 4.78 is 35.0. The second-order valence-electron chi connectivity index (χ2n) is 6.72. The first-order valence-corrected chi connectivity index (χ1v) is 9.25. The number of halogens is 2. The Balaban J connectivity index is 1.55. The molecular weight excluding hydrogens is 376 g/mol. The number of hydrogen-bond donors (Lipinski definition) is 1. The lowest BCUT2D eigenvalue weighted by atomic mass is 9.98. The summed E-state index contributed by atoms with van der Waals surface area (Å²) >= 11 is 0. The second-order valence-corrected chi connectivity index (χ2v) is 6.72. The molecule has 1 amide bonds. The first kappa shape index (κ1) is 18.9. The van der Waals surface area contributed by atoms with Crippen molar-refractivity contribution in [1.82, 2.24) is 5.32 Å². The Morgan fingerprint density at radius 1 is 0.931 bits per heavy atom. The number of nitrogens with one attached hydrogen (secondary N) is 1. The van der Waals surface area contributed by atoms with Crippen LogP contribution in [-0.2, 0) is 11.2 Å². The third-order valence-electron chi connectivity index (χ3n) is 4.80. The Labute approximate surface area is 167 Å². The number of amides is 1. The molecule has 148 valence electrons. The Bertz CT molecular complexity index is 952. The molecule has 0 radical (unpaired) electrons. The molecule has 1 heterocycles. The first-order chi connectivity index (χ1) is 14.1. The number of hydrogen-bond acceptors (Lipinski definition) is 3. The first-order valence-electron chi connectivity index (χ1n) is 9.25. The number of benzene rings is 3. The van der Waals surface area contributed by atoms with Crippen LogP contribution in [0.1, 0.15) is 22.7 Å². The predicted octanol–water partition coefficient (Wildman–Crippen LogP) is 4.50. The van der Waals surface area contributed by atoms with Gasteiger partial charge in [0.15, 0.2) is 6.10 Å². The minimum Gasteiger partial charge on any atom is -0.480 e. The van der Waals surface area contributed by atoms with Crippen molar-refractivity contribution in [3.05, 3.63) is 95.6 Å². The third kappa shape index (κ3) is 4.37. The van der Waals surface area contributed by atoms with Gasteiger partial charge in [-0.05, 0) is 34.9 Å². The summed E-state index contributed by atoms with van der Waals surface area (Å²) in [5.41, 5.74) is 2.62. The molecule has 2 atom stereocenters. The van der Waals surface area contributed by atoms with E-state index in [4.69, 9.17) is 4.74 Å². The minimum atomic E-state index is -2.88. The van der Waals surface area contributed by atoms with E-state index in [2.05, 4.69) is 10.1 Å². The van der Waals surface area contributed by atoms with E-state index in [-0.39, 0.29) is 11.7 Å². The molecule has 3 aromatic rings. The van der Waals surface area contributed by atoms with Gasteiger partial charge in [-0.15, -0.1) is 0 Å². The van der Waals surface area contributed by atoms with E-state index in [1.165, 1.54) is 12.1 Å². The van der Waals surface area contributed by atoms with Crippen LogP contribution in [-0.4, -0.2) is 18.6 Å². The van der Waals surface area contributed by atoms with Gasteiger partial charge in [-0.3, -0.25) is 4.79 Å². The van der Waals surface area contributed by atoms with Gasteiger partial charge in [0.2, 0.25) is 0 Å². The largest absolute Gasteiger partial charge is 0.480 e. The summed E-state index contributed by atoms with van der Waals surface area (Å²) in [5, 5.41) is 3.03. The molecule has 1 aliphatic heterocycles. The highest BCUT2D eigenvalue weighted by Gasteiger charge is 2.30. The zero-order valence-corrected chi connectivity index (χ0v) is 15.4. The Morgan fingerprint density at radius 2 is 1.59 bits per heavy atom. The van der Waals surface area contributed by atoms with E-state index in [1.807, 2.05) is 54.6 Å². The summed E-state index contributed by atoms with van der Waals surface area (Å²) in [5.74, 6) is 0.553. The minimum absolute atomic E-state index is 0.0662. The van der Waals surface area contributed by atoms with Crippen molar-refractivity contribution >= 4 is 5.91 Å². The highest BCUT2D eigenvalue weighted by molar-refractivity contribution is 5.83. The quantitative estimate of drug-likeness (QED) is 0.669. The maximum atomic E-state index is 12.9. The van der Waals surface area contributed by atoms with Crippen molar-refractivity contribution in [2.24, 2.45) is 0 Å². The molecule has 3 aromatic carbocycles. The van der Waals surface area contributed by atoms with Gasteiger partial charge in [0.25, 0.3) is 5.91 Å². The smallest absolute Gasteiger partial charge is 0.387 e. The molecule has 4 rings (SSSR count). The maximum absolute atomic E-state index is 12.9. The van der Waals surface area contributed by atoms with Gasteiger partial charge in [0, 0.05) is 6.42 Å². The zero-order chi connectivity index (χ0) is 20.2. The lowest BCUT2D eigenvalue weighted by Gasteiger charge is -2.22. The van der Waals surface area contributed by atoms with Crippen LogP contribution in [0.2, 0.25) is 0 Å². The average Bonchev–Trinajstić information content (AvgIpc) is 3.17. The summed E-state index contributed by atoms with van der Waals surface area (Å²) in [4.78, 5) is 12.9. The SMILES string of the molecule is O=C(NC(c1ccccc1)c1ccc(OC(F)F)cc1)C1Cc2ccccc2O1. The number of ether oxygens (including phenoxy) is 2. The van der Waals surface area contributed by atoms with Crippen molar-refractivity contribution in [2.45, 2.75) is 25.2 Å². The molecule has 29 heavy (non-hydrogen) atoms. The van der Waals surface area contributed by atoms with Crippen LogP contribution in [0.4, 0.5) is 8.78 Å². The summed E-state index contributed by atoms with van der Waals surface area (Å²) in [6.45, 7) is -2.88. The molecule has 0 bridgehead atoms. The topological polar surface area (TPSA) is 47.6 Å². The van der Waals surface area contributed by atoms with Gasteiger partial charge >= 0.3 is 6.61 Å². The van der Waals surface area contributed by atoms with Crippen molar-refractivity contribution in [3.8, 4) is 11.5 Å². The van der Waals surface area contributed by atoms with E-state index in [0.29, 0.717) is 6.42 Å². The molecule has 0 saturated carbocycles. The highest BCUT2D eigenvalue weighted by atomic mass is 19.3. The van der Waals surface area contributed by atoms with Crippen LogP contribution in [0.25, 0.3) is 0 Å². The fourth-order valence-electron chi connectivity index (χ4n) is 3.41. The van der Waals surface area contributed by atoms with Gasteiger partial charge in [-0.25, -0.2) is 0 Å². The number of carbonyl (C=O) groups excluding carboxylic acids is 1. The lowest BCUT2D eigenvalue weighted by molar-refractivity contribution is -0.127. The molecule has 0 spiro atoms. The van der Waals surface area contributed by atoms with Crippen molar-refractivity contribution in [2.75, 3.05) is 0 Å². The number of alkyl halides is 2. The van der Waals surface area contributed by atoms with Crippen LogP contribution in [0.3, 0.4) is 0 Å². The number of carbonyl (C=O) groups is 1. The van der Waals surface area contributed by atoms with E-state index in [9.17, 15) is 13.6 Å². The lowest BCUT2D eigenvalue weighted by Crippen LogP contribution is -2.40. The van der Waals surface area contributed by atoms with Gasteiger partial charge < -0.3 is 14.8 Å². The molecule has 0 aliphatic carbocycles. The van der Waals surface area contributed by atoms with Crippen molar-refractivity contribution in [3.63, 3.8) is 0 Å². The fraction of sp³-hybridized carbons (Fsp3) is 0.174. The molecule has 0 fully saturated rings. The zero-order valence-electron chi connectivity index (χ0n) is 15.4. The molecule has 4 nitrogen and oxygen atoms in total. The van der Waals surface area contributed by atoms with Gasteiger partial charge in [0.05, 0.1) is 6.04 Å². The van der Waals surface area contributed by atoms with Crippen LogP contribution in [0.15, 0.2) is 78.9 Å². The molecule has 1 aliphatic rings. The summed E-state index contributed by atoms with van der Waals surface area (Å²) in [6, 6.07) is 22.8. The molecule has 2 unspecified atom stereocenters. The average molecular weight is 395 g/mol. The normalized spacial score (nSPS) is 16.0. The highest BCUT2D eigenvalue weighted by Crippen LogP contribution is 2.30. The van der Waals surface area contributed by atoms with E-state index in [0.717, 1.165) is 22.4 Å². The summed E-state index contributed by atoms with van der Waals surface area (Å²) in [7, 11) is 0. The van der Waals surface area contributed by atoms with Crippen LogP contribution >= 0.6 is 0 Å². The van der Waals surface area contributed by atoms with Crippen LogP contribution in [0.5, 0.6) is 11.5 Å². The van der Waals surface area contributed by atoms with Crippen LogP contribution in [0, 0.1) is 0 Å². The van der Waals surface area contributed by atoms with E-state index < -0.39 is 18.8 Å². The third-order valence-corrected chi connectivity index (χ3v) is 4.80. The van der Waals surface area contributed by atoms with Crippen molar-refractivity contribution in [1.29, 1.82) is 0 Å². The summed E-state index contributed by atoms with van der Waals surface area (Å²) in [6.07, 6.45) is -0.106. The van der Waals surface area contributed by atoms with Crippen LogP contribution < -0.4 is 14.8 Å². The Morgan fingerprint density at radius 3 is 2.28 bits per heavy atom. The van der Waals surface area contributed by atoms with Gasteiger partial charge in [-0.1, -0.05) is 60.7 Å². The van der Waals surface area contributed by atoms with Crippen molar-refractivity contribution < 1.29 is 23.0 Å². The van der Waals surface area contributed by atoms with E-state index >= 15 is 0 Å². The number of rotatable bonds is 6. The standard InChI is InChI=1S/C23H19F2NO3/c24-23(25)28-18-12-10-16(11-13-18)21(15-6-2-1-3-7-15)26-22(27)20-14-17-8-4-5-9-19(17)29-20/h1-13,20-21,23H,14H2,(H,26,27). The van der Waals surface area contributed by atoms with Gasteiger partial charge in [0.1, 0.15) is 11.5 Å². The molecule has 0 saturated heterocycles. The molecule has 0 aromatic heterocycles. The molecule has 6 heteroatoms. The number of para-hydroxylation sites is 1. The fourth-order valence-corrected chi connectivity index (χ4v) is 3.41.